The van der Waals surface area contributed by atoms with Gasteiger partial charge in [-0.3, -0.25) is 4.79 Å². The minimum Gasteiger partial charge on any atom is -0.463 e. The molecule has 2 aliphatic carbocycles. The third kappa shape index (κ3) is 2.15. The highest BCUT2D eigenvalue weighted by atomic mass is 16.6. The first kappa shape index (κ1) is 17.7. The molecular weight excluding hydrogens is 320 g/mol. The maximum Gasteiger partial charge on any atom is 0.308 e. The fourth-order valence-electron chi connectivity index (χ4n) is 6.94. The fourth-order valence-corrected chi connectivity index (χ4v) is 6.94. The Kier molecular flexibility index (Phi) is 3.85. The van der Waals surface area contributed by atoms with Gasteiger partial charge in [0.2, 0.25) is 0 Å². The zero-order valence-corrected chi connectivity index (χ0v) is 15.7. The average Bonchev–Trinajstić information content (AvgIpc) is 3.14. The van der Waals surface area contributed by atoms with Crippen molar-refractivity contribution in [2.24, 2.45) is 22.7 Å². The van der Waals surface area contributed by atoms with E-state index in [0.717, 1.165) is 32.1 Å². The predicted molar refractivity (Wildman–Crippen MR) is 91.8 cm³/mol. The lowest BCUT2D eigenvalue weighted by Crippen LogP contribution is -2.66. The summed E-state index contributed by atoms with van der Waals surface area (Å²) in [6.45, 7) is 7.01. The first-order valence-corrected chi connectivity index (χ1v) is 9.86. The van der Waals surface area contributed by atoms with Crippen molar-refractivity contribution in [1.29, 1.82) is 0 Å². The SMILES string of the molecule is C[C@@H]1CC[C@H]2[C@](C)(CO)[C@@H](O)CC[C@]2(C)[C@@]12CC[C@@]1(COC(=O)C1)O2. The summed E-state index contributed by atoms with van der Waals surface area (Å²) in [6, 6.07) is 0. The van der Waals surface area contributed by atoms with E-state index in [9.17, 15) is 15.0 Å². The number of hydrogen-bond donors (Lipinski definition) is 2. The molecule has 5 heteroatoms. The van der Waals surface area contributed by atoms with Crippen LogP contribution in [-0.2, 0) is 14.3 Å². The van der Waals surface area contributed by atoms with Gasteiger partial charge in [0.15, 0.2) is 0 Å². The number of cyclic esters (lactones) is 1. The van der Waals surface area contributed by atoms with E-state index in [2.05, 4.69) is 13.8 Å². The third-order valence-electron chi connectivity index (χ3n) is 8.57. The van der Waals surface area contributed by atoms with Crippen molar-refractivity contribution in [2.45, 2.75) is 83.0 Å². The molecule has 0 radical (unpaired) electrons. The van der Waals surface area contributed by atoms with Crippen LogP contribution >= 0.6 is 0 Å². The van der Waals surface area contributed by atoms with Crippen LogP contribution in [0.25, 0.3) is 0 Å². The molecule has 0 aromatic rings. The van der Waals surface area contributed by atoms with Crippen LogP contribution in [0.3, 0.4) is 0 Å². The summed E-state index contributed by atoms with van der Waals surface area (Å²) >= 11 is 0. The van der Waals surface area contributed by atoms with Crippen molar-refractivity contribution in [3.63, 3.8) is 0 Å². The molecule has 4 aliphatic rings. The van der Waals surface area contributed by atoms with E-state index in [0.29, 0.717) is 25.4 Å². The molecule has 2 heterocycles. The standard InChI is InChI=1S/C20H32O5/c1-13-4-5-14-17(2,11-21)15(22)6-7-18(14,3)20(13)9-8-19(25-20)10-16(23)24-12-19/h13-15,21-22H,4-12H2,1-3H3/t13-,14+,15+,17+,18+,19-,20-/m1/s1. The number of ether oxygens (including phenoxy) is 2. The maximum absolute atomic E-state index is 11.7. The van der Waals surface area contributed by atoms with Crippen molar-refractivity contribution >= 4 is 5.97 Å². The van der Waals surface area contributed by atoms with Gasteiger partial charge in [0, 0.05) is 10.8 Å². The molecule has 0 aromatic carbocycles. The first-order valence-electron chi connectivity index (χ1n) is 9.86. The van der Waals surface area contributed by atoms with Gasteiger partial charge in [-0.1, -0.05) is 20.8 Å². The molecule has 4 fully saturated rings. The van der Waals surface area contributed by atoms with Crippen molar-refractivity contribution in [3.05, 3.63) is 0 Å². The van der Waals surface area contributed by atoms with Crippen molar-refractivity contribution < 1.29 is 24.5 Å². The number of rotatable bonds is 1. The molecule has 7 atom stereocenters. The average molecular weight is 352 g/mol. The van der Waals surface area contributed by atoms with Crippen LogP contribution in [-0.4, -0.2) is 46.7 Å². The van der Waals surface area contributed by atoms with E-state index >= 15 is 0 Å². The van der Waals surface area contributed by atoms with Gasteiger partial charge < -0.3 is 19.7 Å². The summed E-state index contributed by atoms with van der Waals surface area (Å²) < 4.78 is 12.1. The van der Waals surface area contributed by atoms with E-state index in [1.807, 2.05) is 6.92 Å². The molecule has 4 rings (SSSR count). The van der Waals surface area contributed by atoms with Crippen LogP contribution in [0.5, 0.6) is 0 Å². The largest absolute Gasteiger partial charge is 0.463 e. The molecule has 142 valence electrons. The van der Waals surface area contributed by atoms with Gasteiger partial charge in [-0.05, 0) is 50.4 Å². The van der Waals surface area contributed by atoms with E-state index in [-0.39, 0.29) is 29.5 Å². The first-order chi connectivity index (χ1) is 11.7. The molecule has 2 N–H and O–H groups in total. The molecule has 5 nitrogen and oxygen atoms in total. The van der Waals surface area contributed by atoms with Crippen LogP contribution in [0.4, 0.5) is 0 Å². The highest BCUT2D eigenvalue weighted by Gasteiger charge is 2.69. The summed E-state index contributed by atoms with van der Waals surface area (Å²) in [5, 5.41) is 20.8. The normalized spacial score (nSPS) is 55.6. The van der Waals surface area contributed by atoms with Gasteiger partial charge >= 0.3 is 5.97 Å². The second kappa shape index (κ2) is 5.43. The Balaban J connectivity index is 1.74. The molecule has 0 unspecified atom stereocenters. The Morgan fingerprint density at radius 1 is 1.16 bits per heavy atom. The van der Waals surface area contributed by atoms with Crippen LogP contribution in [0.1, 0.15) is 65.7 Å². The van der Waals surface area contributed by atoms with Crippen LogP contribution < -0.4 is 0 Å². The lowest BCUT2D eigenvalue weighted by molar-refractivity contribution is -0.266. The Morgan fingerprint density at radius 3 is 2.56 bits per heavy atom. The lowest BCUT2D eigenvalue weighted by Gasteiger charge is -2.65. The van der Waals surface area contributed by atoms with Gasteiger partial charge in [0.1, 0.15) is 12.2 Å². The maximum atomic E-state index is 11.7. The molecule has 0 bridgehead atoms. The Labute approximate surface area is 150 Å². The van der Waals surface area contributed by atoms with Gasteiger partial charge in [-0.2, -0.15) is 0 Å². The Hall–Kier alpha value is -0.650. The molecule has 2 saturated carbocycles. The van der Waals surface area contributed by atoms with E-state index in [1.165, 1.54) is 0 Å². The summed E-state index contributed by atoms with van der Waals surface area (Å²) in [4.78, 5) is 11.7. The smallest absolute Gasteiger partial charge is 0.308 e. The monoisotopic (exact) mass is 352 g/mol. The molecule has 0 aromatic heterocycles. The number of fused-ring (bicyclic) bond motifs is 2. The second-order valence-electron chi connectivity index (χ2n) is 9.68. The Bertz CT molecular complexity index is 578. The number of esters is 1. The number of carbonyl (C=O) groups excluding carboxylic acids is 1. The summed E-state index contributed by atoms with van der Waals surface area (Å²) in [5.74, 6) is 0.474. The molecule has 0 amide bonds. The number of aliphatic hydroxyl groups is 2. The fraction of sp³-hybridized carbons (Fsp3) is 0.950. The van der Waals surface area contributed by atoms with E-state index < -0.39 is 17.1 Å². The van der Waals surface area contributed by atoms with Gasteiger partial charge in [0.25, 0.3) is 0 Å². The van der Waals surface area contributed by atoms with Crippen LogP contribution in [0, 0.1) is 22.7 Å². The van der Waals surface area contributed by atoms with Crippen LogP contribution in [0.15, 0.2) is 0 Å². The molecule has 2 aliphatic heterocycles. The molecule has 2 spiro atoms. The third-order valence-corrected chi connectivity index (χ3v) is 8.57. The highest BCUT2D eigenvalue weighted by molar-refractivity contribution is 5.73. The number of hydrogen-bond acceptors (Lipinski definition) is 5. The van der Waals surface area contributed by atoms with Gasteiger partial charge in [0.05, 0.1) is 24.7 Å². The lowest BCUT2D eigenvalue weighted by atomic mass is 9.43. The molecule has 25 heavy (non-hydrogen) atoms. The minimum absolute atomic E-state index is 0.00558. The van der Waals surface area contributed by atoms with E-state index in [4.69, 9.17) is 9.47 Å². The highest BCUT2D eigenvalue weighted by Crippen LogP contribution is 2.68. The zero-order chi connectivity index (χ0) is 18.1. The van der Waals surface area contributed by atoms with Gasteiger partial charge in [-0.15, -0.1) is 0 Å². The zero-order valence-electron chi connectivity index (χ0n) is 15.7. The van der Waals surface area contributed by atoms with Gasteiger partial charge in [-0.25, -0.2) is 0 Å². The number of carbonyl (C=O) groups is 1. The topological polar surface area (TPSA) is 76.0 Å². The quantitative estimate of drug-likeness (QED) is 0.709. The molecule has 2 saturated heterocycles. The minimum atomic E-state index is -0.485. The van der Waals surface area contributed by atoms with Crippen LogP contribution in [0.2, 0.25) is 0 Å². The number of aliphatic hydroxyl groups excluding tert-OH is 2. The van der Waals surface area contributed by atoms with E-state index in [1.54, 1.807) is 0 Å². The predicted octanol–water partition coefficient (Wildman–Crippen LogP) is 2.43. The van der Waals surface area contributed by atoms with Crippen molar-refractivity contribution in [2.75, 3.05) is 13.2 Å². The van der Waals surface area contributed by atoms with Crippen molar-refractivity contribution in [3.8, 4) is 0 Å². The van der Waals surface area contributed by atoms with Crippen molar-refractivity contribution in [1.82, 2.24) is 0 Å². The summed E-state index contributed by atoms with van der Waals surface area (Å²) in [7, 11) is 0. The Morgan fingerprint density at radius 2 is 1.92 bits per heavy atom. The second-order valence-corrected chi connectivity index (χ2v) is 9.68. The summed E-state index contributed by atoms with van der Waals surface area (Å²) in [5.41, 5.74) is -1.33. The molecular formula is C20H32O5. The summed E-state index contributed by atoms with van der Waals surface area (Å²) in [6.07, 6.45) is 5.36.